The van der Waals surface area contributed by atoms with Crippen molar-refractivity contribution in [2.75, 3.05) is 0 Å². The number of benzene rings is 2. The molecule has 7 heteroatoms. The summed E-state index contributed by atoms with van der Waals surface area (Å²) in [6, 6.07) is 18.3. The molecule has 0 bridgehead atoms. The Balaban J connectivity index is 1.55. The molecular weight excluding hydrogens is 504 g/mol. The van der Waals surface area contributed by atoms with Gasteiger partial charge in [0.25, 0.3) is 0 Å². The van der Waals surface area contributed by atoms with Gasteiger partial charge in [0.05, 0.1) is 16.1 Å². The number of hydrogen-bond acceptors (Lipinski definition) is 4. The fourth-order valence-electron chi connectivity index (χ4n) is 4.50. The van der Waals surface area contributed by atoms with E-state index in [1.54, 1.807) is 13.0 Å². The summed E-state index contributed by atoms with van der Waals surface area (Å²) < 4.78 is 0. The Labute approximate surface area is 231 Å². The third-order valence-corrected chi connectivity index (χ3v) is 7.89. The fraction of sp³-hybridized carbons (Fsp3) is 0.156. The molecule has 2 aromatic carbocycles. The van der Waals surface area contributed by atoms with Gasteiger partial charge in [-0.1, -0.05) is 44.7 Å². The number of ketones is 1. The highest BCUT2D eigenvalue weighted by Gasteiger charge is 2.16. The average Bonchev–Trinajstić information content (AvgIpc) is 3.68. The molecule has 39 heavy (non-hydrogen) atoms. The van der Waals surface area contributed by atoms with E-state index in [9.17, 15) is 9.59 Å². The zero-order valence-corrected chi connectivity index (χ0v) is 23.2. The summed E-state index contributed by atoms with van der Waals surface area (Å²) in [5.41, 5.74) is 7.33. The molecule has 0 radical (unpaired) electrons. The van der Waals surface area contributed by atoms with Gasteiger partial charge >= 0.3 is 0 Å². The van der Waals surface area contributed by atoms with Crippen molar-refractivity contribution >= 4 is 50.4 Å². The van der Waals surface area contributed by atoms with E-state index in [0.29, 0.717) is 5.70 Å². The Morgan fingerprint density at radius 2 is 1.87 bits per heavy atom. The van der Waals surface area contributed by atoms with E-state index in [4.69, 9.17) is 0 Å². The molecule has 3 N–H and O–H groups in total. The highest BCUT2D eigenvalue weighted by atomic mass is 32.1. The lowest BCUT2D eigenvalue weighted by Crippen LogP contribution is -2.26. The maximum atomic E-state index is 12.2. The second kappa shape index (κ2) is 10.7. The summed E-state index contributed by atoms with van der Waals surface area (Å²) in [6.07, 6.45) is 5.60. The third-order valence-electron chi connectivity index (χ3n) is 6.67. The van der Waals surface area contributed by atoms with Crippen LogP contribution in [0.2, 0.25) is 0 Å². The van der Waals surface area contributed by atoms with Gasteiger partial charge in [-0.05, 0) is 73.5 Å². The molecule has 0 unspecified atom stereocenters. The van der Waals surface area contributed by atoms with Crippen LogP contribution in [0.15, 0.2) is 85.1 Å². The van der Waals surface area contributed by atoms with Crippen LogP contribution in [-0.2, 0) is 4.79 Å². The lowest BCUT2D eigenvalue weighted by Gasteiger charge is -2.10. The topological polar surface area (TPSA) is 90.6 Å². The standard InChI is InChI=1S/C32H30N4O2S/c1-6-20(15-22(7-2)33-32(38)18(3)4)21-11-12-27-25(16-21)31(36-35-27)28-17-24-23(9-8-10-26(24)34-28)30-14-13-29(39-30)19(5)37/h6-18,34H,2H2,1,3-5H3,(H,33,38)(H,35,36)/b20-6+,22-15+. The van der Waals surface area contributed by atoms with E-state index in [1.165, 1.54) is 11.3 Å². The number of rotatable bonds is 8. The van der Waals surface area contributed by atoms with Crippen molar-refractivity contribution in [1.29, 1.82) is 0 Å². The molecule has 5 rings (SSSR count). The van der Waals surface area contributed by atoms with Crippen molar-refractivity contribution in [1.82, 2.24) is 20.5 Å². The fourth-order valence-corrected chi connectivity index (χ4v) is 5.44. The molecule has 3 aromatic heterocycles. The van der Waals surface area contributed by atoms with Gasteiger partial charge in [0, 0.05) is 38.3 Å². The zero-order chi connectivity index (χ0) is 27.7. The van der Waals surface area contributed by atoms with Crippen LogP contribution in [0.3, 0.4) is 0 Å². The number of allylic oxidation sites excluding steroid dienone is 4. The maximum absolute atomic E-state index is 12.2. The number of Topliss-reactive ketones (excluding diaryl/α,β-unsaturated/α-hetero) is 1. The third kappa shape index (κ3) is 5.13. The van der Waals surface area contributed by atoms with Crippen LogP contribution in [0.25, 0.3) is 49.2 Å². The smallest absolute Gasteiger partial charge is 0.226 e. The molecule has 0 spiro atoms. The number of aromatic amines is 2. The average molecular weight is 535 g/mol. The zero-order valence-electron chi connectivity index (χ0n) is 22.4. The first-order valence-corrected chi connectivity index (χ1v) is 13.6. The first-order chi connectivity index (χ1) is 18.8. The molecule has 6 nitrogen and oxygen atoms in total. The molecule has 0 atom stereocenters. The lowest BCUT2D eigenvalue weighted by molar-refractivity contribution is -0.123. The van der Waals surface area contributed by atoms with Gasteiger partial charge in [-0.3, -0.25) is 14.7 Å². The number of H-pyrrole nitrogens is 2. The van der Waals surface area contributed by atoms with Crippen molar-refractivity contribution in [3.8, 4) is 21.8 Å². The minimum absolute atomic E-state index is 0.0533. The van der Waals surface area contributed by atoms with Crippen LogP contribution < -0.4 is 5.32 Å². The number of carbonyl (C=O) groups is 2. The van der Waals surface area contributed by atoms with Crippen LogP contribution in [-0.4, -0.2) is 26.9 Å². The number of hydrogen-bond donors (Lipinski definition) is 3. The van der Waals surface area contributed by atoms with Crippen molar-refractivity contribution in [3.63, 3.8) is 0 Å². The van der Waals surface area contributed by atoms with E-state index in [-0.39, 0.29) is 17.6 Å². The van der Waals surface area contributed by atoms with Crippen LogP contribution >= 0.6 is 11.3 Å². The van der Waals surface area contributed by atoms with Crippen LogP contribution in [0.5, 0.6) is 0 Å². The lowest BCUT2D eigenvalue weighted by atomic mass is 10.0. The molecule has 0 aliphatic carbocycles. The number of nitrogens with zero attached hydrogens (tertiary/aromatic N) is 1. The first kappa shape index (κ1) is 26.1. The minimum atomic E-state index is -0.125. The van der Waals surface area contributed by atoms with Gasteiger partial charge in [0.1, 0.15) is 5.69 Å². The molecule has 0 saturated carbocycles. The number of nitrogens with one attached hydrogen (secondary N) is 3. The molecule has 1 amide bonds. The number of fused-ring (bicyclic) bond motifs is 2. The summed E-state index contributed by atoms with van der Waals surface area (Å²) in [5, 5.41) is 12.8. The van der Waals surface area contributed by atoms with Crippen molar-refractivity contribution in [2.24, 2.45) is 5.92 Å². The second-order valence-electron chi connectivity index (χ2n) is 9.69. The first-order valence-electron chi connectivity index (χ1n) is 12.8. The predicted molar refractivity (Wildman–Crippen MR) is 162 cm³/mol. The highest BCUT2D eigenvalue weighted by Crippen LogP contribution is 2.37. The van der Waals surface area contributed by atoms with E-state index >= 15 is 0 Å². The largest absolute Gasteiger partial charge is 0.353 e. The number of thiophene rings is 1. The van der Waals surface area contributed by atoms with Crippen molar-refractivity contribution in [2.45, 2.75) is 27.7 Å². The summed E-state index contributed by atoms with van der Waals surface area (Å²) in [4.78, 5) is 29.4. The van der Waals surface area contributed by atoms with Gasteiger partial charge in [-0.25, -0.2) is 0 Å². The summed E-state index contributed by atoms with van der Waals surface area (Å²) in [7, 11) is 0. The normalized spacial score (nSPS) is 12.4. The van der Waals surface area contributed by atoms with Crippen molar-refractivity contribution < 1.29 is 9.59 Å². The maximum Gasteiger partial charge on any atom is 0.226 e. The summed E-state index contributed by atoms with van der Waals surface area (Å²) in [5.74, 6) is -0.104. The summed E-state index contributed by atoms with van der Waals surface area (Å²) in [6.45, 7) is 11.1. The Hall–Kier alpha value is -4.49. The van der Waals surface area contributed by atoms with E-state index in [0.717, 1.165) is 59.6 Å². The highest BCUT2D eigenvalue weighted by molar-refractivity contribution is 7.17. The van der Waals surface area contributed by atoms with Gasteiger partial charge in [-0.2, -0.15) is 5.10 Å². The molecule has 196 valence electrons. The molecule has 5 aromatic rings. The number of carbonyl (C=O) groups excluding carboxylic acids is 2. The number of aromatic nitrogens is 3. The molecule has 0 saturated heterocycles. The molecule has 0 fully saturated rings. The van der Waals surface area contributed by atoms with E-state index in [1.807, 2.05) is 69.3 Å². The molecule has 0 aliphatic rings. The minimum Gasteiger partial charge on any atom is -0.353 e. The van der Waals surface area contributed by atoms with Gasteiger partial charge in [-0.15, -0.1) is 11.3 Å². The van der Waals surface area contributed by atoms with Crippen LogP contribution in [0.1, 0.15) is 42.9 Å². The molecular formula is C32H30N4O2S. The van der Waals surface area contributed by atoms with Crippen LogP contribution in [0.4, 0.5) is 0 Å². The number of amides is 1. The van der Waals surface area contributed by atoms with Crippen molar-refractivity contribution in [3.05, 3.63) is 95.5 Å². The van der Waals surface area contributed by atoms with E-state index in [2.05, 4.69) is 45.3 Å². The second-order valence-corrected chi connectivity index (χ2v) is 10.8. The predicted octanol–water partition coefficient (Wildman–Crippen LogP) is 7.89. The Bertz CT molecular complexity index is 1800. The SMILES string of the molecule is C=C/C(=C\C(=C/C)c1ccc2[nH]nc(-c3cc4c(-c5ccc(C(C)=O)s5)cccc4[nH]3)c2c1)NC(=O)C(C)C. The Morgan fingerprint density at radius 3 is 2.56 bits per heavy atom. The monoisotopic (exact) mass is 534 g/mol. The molecule has 0 aliphatic heterocycles. The van der Waals surface area contributed by atoms with Gasteiger partial charge in [0.15, 0.2) is 5.78 Å². The van der Waals surface area contributed by atoms with Gasteiger partial charge in [0.2, 0.25) is 5.91 Å². The summed E-state index contributed by atoms with van der Waals surface area (Å²) >= 11 is 1.51. The molecule has 3 heterocycles. The Kier molecular flexibility index (Phi) is 7.17. The quantitative estimate of drug-likeness (QED) is 0.140. The van der Waals surface area contributed by atoms with Gasteiger partial charge < -0.3 is 10.3 Å². The van der Waals surface area contributed by atoms with Crippen LogP contribution in [0, 0.1) is 5.92 Å². The Morgan fingerprint density at radius 1 is 1.05 bits per heavy atom. The van der Waals surface area contributed by atoms with E-state index < -0.39 is 0 Å².